The summed E-state index contributed by atoms with van der Waals surface area (Å²) in [4.78, 5) is 22.5. The van der Waals surface area contributed by atoms with Crippen LogP contribution in [0.4, 0.5) is 10.9 Å². The van der Waals surface area contributed by atoms with Gasteiger partial charge in [-0.15, -0.1) is 0 Å². The van der Waals surface area contributed by atoms with Crippen molar-refractivity contribution in [2.45, 2.75) is 0 Å². The Morgan fingerprint density at radius 2 is 1.77 bits per heavy atom. The van der Waals surface area contributed by atoms with Gasteiger partial charge in [0.05, 0.1) is 17.7 Å². The molecule has 2 heterocycles. The average molecular weight is 417 g/mol. The van der Waals surface area contributed by atoms with Gasteiger partial charge in [-0.1, -0.05) is 29.5 Å². The summed E-state index contributed by atoms with van der Waals surface area (Å²) in [5, 5.41) is 6.79. The Kier molecular flexibility index (Phi) is 5.72. The van der Waals surface area contributed by atoms with Crippen LogP contribution in [0.2, 0.25) is 0 Å². The van der Waals surface area contributed by atoms with Crippen molar-refractivity contribution in [1.29, 1.82) is 0 Å². The Morgan fingerprint density at radius 3 is 2.47 bits per heavy atom. The second-order valence-corrected chi connectivity index (χ2v) is 7.42. The normalized spacial score (nSPS) is 10.5. The molecule has 2 aromatic heterocycles. The van der Waals surface area contributed by atoms with E-state index in [1.54, 1.807) is 36.8 Å². The standard InChI is InChI=1S/C23H20N4O2S/c1-24-23-27-20(15-8-10-18(29-2)11-9-15)21(30-23)17-12-13-25-19(14-17)26-22(28)16-6-4-3-5-7-16/h3-14H,1-2H3,(H,24,27)(H,25,26,28). The molecule has 2 aromatic carbocycles. The highest BCUT2D eigenvalue weighted by molar-refractivity contribution is 7.19. The molecule has 0 radical (unpaired) electrons. The van der Waals surface area contributed by atoms with Crippen LogP contribution in [0.25, 0.3) is 21.7 Å². The van der Waals surface area contributed by atoms with E-state index in [-0.39, 0.29) is 5.91 Å². The Labute approximate surface area is 178 Å². The van der Waals surface area contributed by atoms with Gasteiger partial charge in [0, 0.05) is 24.4 Å². The second-order valence-electron chi connectivity index (χ2n) is 6.43. The number of hydrogen-bond donors (Lipinski definition) is 2. The number of methoxy groups -OCH3 is 1. The number of aromatic nitrogens is 2. The maximum Gasteiger partial charge on any atom is 0.256 e. The molecule has 1 amide bonds. The summed E-state index contributed by atoms with van der Waals surface area (Å²) in [6.45, 7) is 0. The van der Waals surface area contributed by atoms with Gasteiger partial charge in [0.15, 0.2) is 5.13 Å². The Balaban J connectivity index is 1.68. The lowest BCUT2D eigenvalue weighted by molar-refractivity contribution is 0.102. The molecule has 6 nitrogen and oxygen atoms in total. The van der Waals surface area contributed by atoms with Gasteiger partial charge in [-0.2, -0.15) is 0 Å². The number of nitrogens with one attached hydrogen (secondary N) is 2. The fourth-order valence-corrected chi connectivity index (χ4v) is 3.92. The van der Waals surface area contributed by atoms with Crippen molar-refractivity contribution in [1.82, 2.24) is 9.97 Å². The molecule has 0 aliphatic carbocycles. The number of amides is 1. The zero-order chi connectivity index (χ0) is 20.9. The largest absolute Gasteiger partial charge is 0.497 e. The summed E-state index contributed by atoms with van der Waals surface area (Å²) < 4.78 is 5.26. The predicted molar refractivity (Wildman–Crippen MR) is 121 cm³/mol. The number of thiazole rings is 1. The molecule has 30 heavy (non-hydrogen) atoms. The average Bonchev–Trinajstić information content (AvgIpc) is 3.24. The van der Waals surface area contributed by atoms with Crippen LogP contribution in [-0.4, -0.2) is 30.0 Å². The molecule has 0 spiro atoms. The van der Waals surface area contributed by atoms with Crippen LogP contribution < -0.4 is 15.4 Å². The number of carbonyl (C=O) groups excluding carboxylic acids is 1. The van der Waals surface area contributed by atoms with Crippen LogP contribution in [-0.2, 0) is 0 Å². The molecule has 7 heteroatoms. The lowest BCUT2D eigenvalue weighted by Crippen LogP contribution is -2.12. The number of anilines is 2. The highest BCUT2D eigenvalue weighted by atomic mass is 32.1. The first-order valence-electron chi connectivity index (χ1n) is 9.34. The number of benzene rings is 2. The van der Waals surface area contributed by atoms with Gasteiger partial charge in [-0.25, -0.2) is 9.97 Å². The van der Waals surface area contributed by atoms with Crippen LogP contribution in [0, 0.1) is 0 Å². The molecule has 2 N–H and O–H groups in total. The van der Waals surface area contributed by atoms with E-state index >= 15 is 0 Å². The number of ether oxygens (including phenoxy) is 1. The lowest BCUT2D eigenvalue weighted by atomic mass is 10.1. The Hall–Kier alpha value is -3.71. The number of nitrogens with zero attached hydrogens (tertiary/aromatic N) is 2. The number of rotatable bonds is 6. The van der Waals surface area contributed by atoms with Crippen LogP contribution in [0.5, 0.6) is 5.75 Å². The molecule has 0 aliphatic rings. The minimum absolute atomic E-state index is 0.198. The highest BCUT2D eigenvalue weighted by Crippen LogP contribution is 2.39. The summed E-state index contributed by atoms with van der Waals surface area (Å²) in [6.07, 6.45) is 1.69. The van der Waals surface area contributed by atoms with Crippen LogP contribution in [0.15, 0.2) is 72.9 Å². The quantitative estimate of drug-likeness (QED) is 0.453. The SMILES string of the molecule is CNc1nc(-c2ccc(OC)cc2)c(-c2ccnc(NC(=O)c3ccccc3)c2)s1. The predicted octanol–water partition coefficient (Wildman–Crippen LogP) is 5.17. The molecule has 4 aromatic rings. The number of carbonyl (C=O) groups is 1. The zero-order valence-electron chi connectivity index (χ0n) is 16.5. The van der Waals surface area contributed by atoms with E-state index in [0.29, 0.717) is 11.4 Å². The molecule has 0 atom stereocenters. The van der Waals surface area contributed by atoms with E-state index in [0.717, 1.165) is 32.6 Å². The summed E-state index contributed by atoms with van der Waals surface area (Å²) in [5.74, 6) is 1.08. The first-order valence-corrected chi connectivity index (χ1v) is 10.2. The third-order valence-corrected chi connectivity index (χ3v) is 5.63. The van der Waals surface area contributed by atoms with Gasteiger partial charge in [0.25, 0.3) is 5.91 Å². The third-order valence-electron chi connectivity index (χ3n) is 4.50. The summed E-state index contributed by atoms with van der Waals surface area (Å²) in [5.41, 5.74) is 3.35. The smallest absolute Gasteiger partial charge is 0.256 e. The number of pyridine rings is 1. The first kappa shape index (κ1) is 19.6. The fourth-order valence-electron chi connectivity index (χ4n) is 2.99. The summed E-state index contributed by atoms with van der Waals surface area (Å²) >= 11 is 1.55. The van der Waals surface area contributed by atoms with Gasteiger partial charge < -0.3 is 15.4 Å². The molecule has 0 saturated carbocycles. The van der Waals surface area contributed by atoms with Crippen molar-refractivity contribution in [3.05, 3.63) is 78.5 Å². The molecule has 4 rings (SSSR count). The molecule has 0 bridgehead atoms. The molecular formula is C23H20N4O2S. The minimum Gasteiger partial charge on any atom is -0.497 e. The molecular weight excluding hydrogens is 396 g/mol. The fraction of sp³-hybridized carbons (Fsp3) is 0.0870. The van der Waals surface area contributed by atoms with Crippen molar-refractivity contribution in [3.8, 4) is 27.4 Å². The van der Waals surface area contributed by atoms with Crippen molar-refractivity contribution in [3.63, 3.8) is 0 Å². The van der Waals surface area contributed by atoms with Gasteiger partial charge in [-0.05, 0) is 54.1 Å². The molecule has 0 fully saturated rings. The maximum atomic E-state index is 12.5. The van der Waals surface area contributed by atoms with E-state index in [2.05, 4.69) is 15.6 Å². The van der Waals surface area contributed by atoms with Crippen LogP contribution >= 0.6 is 11.3 Å². The van der Waals surface area contributed by atoms with Crippen molar-refractivity contribution < 1.29 is 9.53 Å². The van der Waals surface area contributed by atoms with Crippen LogP contribution in [0.3, 0.4) is 0 Å². The number of hydrogen-bond acceptors (Lipinski definition) is 6. The van der Waals surface area contributed by atoms with Gasteiger partial charge in [0.1, 0.15) is 11.6 Å². The van der Waals surface area contributed by atoms with Crippen molar-refractivity contribution >= 4 is 28.2 Å². The summed E-state index contributed by atoms with van der Waals surface area (Å²) in [7, 11) is 3.49. The van der Waals surface area contributed by atoms with Gasteiger partial charge in [-0.3, -0.25) is 4.79 Å². The van der Waals surface area contributed by atoms with E-state index in [1.165, 1.54) is 0 Å². The Morgan fingerprint density at radius 1 is 1.00 bits per heavy atom. The summed E-state index contributed by atoms with van der Waals surface area (Å²) in [6, 6.07) is 20.6. The minimum atomic E-state index is -0.198. The van der Waals surface area contributed by atoms with E-state index in [9.17, 15) is 4.79 Å². The van der Waals surface area contributed by atoms with E-state index in [4.69, 9.17) is 9.72 Å². The van der Waals surface area contributed by atoms with Crippen molar-refractivity contribution in [2.24, 2.45) is 0 Å². The maximum absolute atomic E-state index is 12.5. The molecule has 150 valence electrons. The van der Waals surface area contributed by atoms with E-state index in [1.807, 2.05) is 61.6 Å². The second kappa shape index (κ2) is 8.75. The lowest BCUT2D eigenvalue weighted by Gasteiger charge is -2.07. The molecule has 0 aliphatic heterocycles. The van der Waals surface area contributed by atoms with Gasteiger partial charge in [0.2, 0.25) is 0 Å². The topological polar surface area (TPSA) is 76.1 Å². The third kappa shape index (κ3) is 4.16. The zero-order valence-corrected chi connectivity index (χ0v) is 17.4. The highest BCUT2D eigenvalue weighted by Gasteiger charge is 2.16. The first-order chi connectivity index (χ1) is 14.7. The molecule has 0 saturated heterocycles. The Bertz CT molecular complexity index is 1160. The van der Waals surface area contributed by atoms with E-state index < -0.39 is 0 Å². The van der Waals surface area contributed by atoms with Gasteiger partial charge >= 0.3 is 0 Å². The monoisotopic (exact) mass is 416 g/mol. The van der Waals surface area contributed by atoms with Crippen LogP contribution in [0.1, 0.15) is 10.4 Å². The molecule has 0 unspecified atom stereocenters. The van der Waals surface area contributed by atoms with Crippen molar-refractivity contribution in [2.75, 3.05) is 24.8 Å².